The highest BCUT2D eigenvalue weighted by atomic mass is 32.1. The maximum absolute atomic E-state index is 13.0. The third kappa shape index (κ3) is 4.33. The maximum atomic E-state index is 13.0. The number of rotatable bonds is 4. The van der Waals surface area contributed by atoms with E-state index in [0.29, 0.717) is 17.1 Å². The molecule has 1 saturated heterocycles. The lowest BCUT2D eigenvalue weighted by Gasteiger charge is -2.20. The summed E-state index contributed by atoms with van der Waals surface area (Å²) in [5.74, 6) is 0.0555. The average Bonchev–Trinajstić information content (AvgIpc) is 2.86. The quantitative estimate of drug-likeness (QED) is 0.659. The van der Waals surface area contributed by atoms with Crippen LogP contribution in [0.3, 0.4) is 0 Å². The first-order chi connectivity index (χ1) is 12.8. The molecule has 0 aliphatic carbocycles. The van der Waals surface area contributed by atoms with Gasteiger partial charge in [-0.1, -0.05) is 54.8 Å². The van der Waals surface area contributed by atoms with Crippen molar-refractivity contribution in [1.29, 1.82) is 0 Å². The van der Waals surface area contributed by atoms with Crippen molar-refractivity contribution >= 4 is 45.8 Å². The zero-order valence-electron chi connectivity index (χ0n) is 14.2. The largest absolute Gasteiger partial charge is 0.497 e. The smallest absolute Gasteiger partial charge is 0.406 e. The molecule has 2 aromatic carbocycles. The average molecular weight is 408 g/mol. The zero-order valence-corrected chi connectivity index (χ0v) is 15.9. The Labute approximate surface area is 165 Å². The molecule has 27 heavy (non-hydrogen) atoms. The lowest BCUT2D eigenvalue weighted by Crippen LogP contribution is -2.37. The Hall–Kier alpha value is -2.32. The molecule has 1 heterocycles. The number of hydrogen-bond donors (Lipinski definition) is 0. The summed E-state index contributed by atoms with van der Waals surface area (Å²) in [5.41, 5.74) is 1.66. The van der Waals surface area contributed by atoms with Gasteiger partial charge in [0, 0.05) is 0 Å². The second-order valence-electron chi connectivity index (χ2n) is 5.88. The number of ether oxygens (including phenoxy) is 1. The minimum Gasteiger partial charge on any atom is -0.497 e. The van der Waals surface area contributed by atoms with Gasteiger partial charge in [0.25, 0.3) is 0 Å². The Morgan fingerprint density at radius 3 is 2.22 bits per heavy atom. The van der Waals surface area contributed by atoms with E-state index in [2.05, 4.69) is 4.99 Å². The Kier molecular flexibility index (Phi) is 5.57. The van der Waals surface area contributed by atoms with E-state index in [1.807, 2.05) is 6.07 Å². The van der Waals surface area contributed by atoms with Crippen molar-refractivity contribution in [3.05, 3.63) is 60.2 Å². The number of hydrogen-bond acceptors (Lipinski definition) is 4. The fraction of sp³-hybridized carbons (Fsp3) is 0.211. The van der Waals surface area contributed by atoms with Gasteiger partial charge in [0.15, 0.2) is 0 Å². The zero-order chi connectivity index (χ0) is 19.6. The predicted octanol–water partition coefficient (Wildman–Crippen LogP) is 5.08. The first-order valence-electron chi connectivity index (χ1n) is 8.00. The third-order valence-corrected chi connectivity index (χ3v) is 4.93. The first-order valence-corrected chi connectivity index (χ1v) is 8.82. The third-order valence-electron chi connectivity index (χ3n) is 4.04. The Morgan fingerprint density at radius 2 is 1.67 bits per heavy atom. The number of likely N-dealkylation sites (tertiary alicyclic amines) is 1. The molecule has 140 valence electrons. The molecule has 1 aliphatic heterocycles. The van der Waals surface area contributed by atoms with Crippen molar-refractivity contribution in [2.24, 2.45) is 4.99 Å². The molecule has 0 spiro atoms. The van der Waals surface area contributed by atoms with E-state index in [9.17, 15) is 13.2 Å². The van der Waals surface area contributed by atoms with Gasteiger partial charge in [0.05, 0.1) is 29.4 Å². The summed E-state index contributed by atoms with van der Waals surface area (Å²) in [6, 6.07) is 15.9. The molecule has 0 amide bonds. The van der Waals surface area contributed by atoms with Crippen LogP contribution in [0.2, 0.25) is 0 Å². The molecule has 1 unspecified atom stereocenters. The molecular formula is C19H15F3N2OS2. The lowest BCUT2D eigenvalue weighted by molar-refractivity contribution is -0.131. The van der Waals surface area contributed by atoms with Crippen LogP contribution in [0, 0.1) is 0 Å². The van der Waals surface area contributed by atoms with Crippen LogP contribution in [-0.4, -0.2) is 40.4 Å². The van der Waals surface area contributed by atoms with Gasteiger partial charge in [-0.3, -0.25) is 0 Å². The first kappa shape index (κ1) is 19.4. The number of methoxy groups -OCH3 is 1. The van der Waals surface area contributed by atoms with Crippen molar-refractivity contribution in [2.45, 2.75) is 12.1 Å². The summed E-state index contributed by atoms with van der Waals surface area (Å²) in [6.45, 7) is -1.23. The molecule has 1 aliphatic rings. The molecule has 0 saturated carbocycles. The number of nitrogens with zero attached hydrogens (tertiary/aromatic N) is 2. The normalized spacial score (nSPS) is 19.0. The van der Waals surface area contributed by atoms with Crippen molar-refractivity contribution in [3.63, 3.8) is 0 Å². The minimum atomic E-state index is -4.43. The second kappa shape index (κ2) is 7.74. The van der Waals surface area contributed by atoms with Gasteiger partial charge in [-0.2, -0.15) is 13.2 Å². The second-order valence-corrected chi connectivity index (χ2v) is 6.69. The monoisotopic (exact) mass is 408 g/mol. The number of alkyl halides is 3. The molecule has 1 atom stereocenters. The molecule has 2 aromatic rings. The van der Waals surface area contributed by atoms with Crippen LogP contribution in [0.1, 0.15) is 11.5 Å². The van der Waals surface area contributed by atoms with E-state index < -0.39 is 18.6 Å². The van der Waals surface area contributed by atoms with E-state index >= 15 is 0 Å². The fourth-order valence-electron chi connectivity index (χ4n) is 2.82. The summed E-state index contributed by atoms with van der Waals surface area (Å²) < 4.78 is 44.1. The summed E-state index contributed by atoms with van der Waals surface area (Å²) in [6.07, 6.45) is -4.43. The fourth-order valence-corrected chi connectivity index (χ4v) is 3.61. The molecule has 0 N–H and O–H groups in total. The van der Waals surface area contributed by atoms with Crippen molar-refractivity contribution in [2.75, 3.05) is 13.7 Å². The highest BCUT2D eigenvalue weighted by molar-refractivity contribution is 7.83. The minimum absolute atomic E-state index is 0.00185. The number of benzene rings is 2. The van der Waals surface area contributed by atoms with Crippen molar-refractivity contribution in [3.8, 4) is 5.75 Å². The highest BCUT2D eigenvalue weighted by Crippen LogP contribution is 2.34. The summed E-state index contributed by atoms with van der Waals surface area (Å²) in [4.78, 5) is 5.58. The molecule has 1 fully saturated rings. The Balaban J connectivity index is 2.05. The molecule has 3 nitrogen and oxygen atoms in total. The predicted molar refractivity (Wildman–Crippen MR) is 107 cm³/mol. The van der Waals surface area contributed by atoms with Crippen molar-refractivity contribution in [1.82, 2.24) is 4.90 Å². The van der Waals surface area contributed by atoms with Gasteiger partial charge < -0.3 is 9.64 Å². The SMILES string of the molecule is COc1ccc(N=C2C(=S)N(CC(F)(F)F)C(=S)C2c2ccccc2)cc1. The summed E-state index contributed by atoms with van der Waals surface area (Å²) >= 11 is 10.7. The summed E-state index contributed by atoms with van der Waals surface area (Å²) in [7, 11) is 1.55. The van der Waals surface area contributed by atoms with E-state index in [1.165, 1.54) is 0 Å². The van der Waals surface area contributed by atoms with Crippen LogP contribution in [0.5, 0.6) is 5.75 Å². The van der Waals surface area contributed by atoms with E-state index in [4.69, 9.17) is 29.2 Å². The van der Waals surface area contributed by atoms with Crippen LogP contribution in [0.4, 0.5) is 18.9 Å². The van der Waals surface area contributed by atoms with Gasteiger partial charge in [-0.05, 0) is 29.8 Å². The van der Waals surface area contributed by atoms with Crippen molar-refractivity contribution < 1.29 is 17.9 Å². The maximum Gasteiger partial charge on any atom is 0.406 e. The standard InChI is InChI=1S/C19H15F3N2OS2/c1-25-14-9-7-13(8-10-14)23-16-15(12-5-3-2-4-6-12)17(26)24(18(16)27)11-19(20,21)22/h2-10,15H,11H2,1H3. The molecule has 0 bridgehead atoms. The van der Waals surface area contributed by atoms with Crippen LogP contribution in [0.25, 0.3) is 0 Å². The van der Waals surface area contributed by atoms with Gasteiger partial charge in [-0.15, -0.1) is 0 Å². The number of aliphatic imine (C=N–C) groups is 1. The van der Waals surface area contributed by atoms with Crippen LogP contribution < -0.4 is 4.74 Å². The molecule has 3 rings (SSSR count). The topological polar surface area (TPSA) is 24.8 Å². The number of thiocarbonyl (C=S) groups is 2. The van der Waals surface area contributed by atoms with Gasteiger partial charge >= 0.3 is 6.18 Å². The highest BCUT2D eigenvalue weighted by Gasteiger charge is 2.44. The van der Waals surface area contributed by atoms with E-state index in [0.717, 1.165) is 10.5 Å². The molecule has 0 aromatic heterocycles. The van der Waals surface area contributed by atoms with Crippen LogP contribution >= 0.6 is 24.4 Å². The molecular weight excluding hydrogens is 393 g/mol. The van der Waals surface area contributed by atoms with E-state index in [1.54, 1.807) is 55.6 Å². The van der Waals surface area contributed by atoms with Gasteiger partial charge in [-0.25, -0.2) is 4.99 Å². The molecule has 8 heteroatoms. The van der Waals surface area contributed by atoms with Crippen LogP contribution in [-0.2, 0) is 0 Å². The lowest BCUT2D eigenvalue weighted by atomic mass is 9.96. The van der Waals surface area contributed by atoms with E-state index in [-0.39, 0.29) is 9.98 Å². The molecule has 0 radical (unpaired) electrons. The number of halogens is 3. The Morgan fingerprint density at radius 1 is 1.04 bits per heavy atom. The van der Waals surface area contributed by atoms with Gasteiger partial charge in [0.1, 0.15) is 17.3 Å². The Bertz CT molecular complexity index is 880. The van der Waals surface area contributed by atoms with Gasteiger partial charge in [0.2, 0.25) is 0 Å². The van der Waals surface area contributed by atoms with Crippen LogP contribution in [0.15, 0.2) is 59.6 Å². The summed E-state index contributed by atoms with van der Waals surface area (Å²) in [5, 5.41) is 0.